The Hall–Kier alpha value is -7.48. The molecule has 57 heavy (non-hydrogen) atoms. The lowest BCUT2D eigenvalue weighted by molar-refractivity contribution is 1.30. The number of anilines is 3. The van der Waals surface area contributed by atoms with Crippen LogP contribution in [0.15, 0.2) is 224 Å². The third-order valence-electron chi connectivity index (χ3n) is 11.6. The Morgan fingerprint density at radius 1 is 0.246 bits per heavy atom. The highest BCUT2D eigenvalue weighted by Gasteiger charge is 2.22. The SMILES string of the molecule is c1ccc(-c2ccccc2N(c2cccc(-c3cc4ccccc4c4c3ccc3ccc5ccccc5c34)c2)c2ccc(-c3ccccc3)c3ccccc23)cc1. The minimum Gasteiger partial charge on any atom is -0.309 e. The van der Waals surface area contributed by atoms with Gasteiger partial charge in [0.15, 0.2) is 0 Å². The maximum Gasteiger partial charge on any atom is 0.0540 e. The summed E-state index contributed by atoms with van der Waals surface area (Å²) < 4.78 is 0. The molecule has 0 aliphatic carbocycles. The summed E-state index contributed by atoms with van der Waals surface area (Å²) in [6.45, 7) is 0. The van der Waals surface area contributed by atoms with Gasteiger partial charge in [-0.05, 0) is 107 Å². The van der Waals surface area contributed by atoms with Crippen LogP contribution in [-0.4, -0.2) is 0 Å². The van der Waals surface area contributed by atoms with E-state index in [1.165, 1.54) is 87.2 Å². The first kappa shape index (κ1) is 32.9. The van der Waals surface area contributed by atoms with Gasteiger partial charge in [-0.2, -0.15) is 0 Å². The molecule has 0 N–H and O–H groups in total. The molecule has 0 saturated carbocycles. The highest BCUT2D eigenvalue weighted by atomic mass is 15.1. The summed E-state index contributed by atoms with van der Waals surface area (Å²) in [7, 11) is 0. The van der Waals surface area contributed by atoms with Gasteiger partial charge in [0.05, 0.1) is 11.4 Å². The van der Waals surface area contributed by atoms with Crippen molar-refractivity contribution < 1.29 is 0 Å². The van der Waals surface area contributed by atoms with Crippen LogP contribution in [0.25, 0.3) is 87.2 Å². The van der Waals surface area contributed by atoms with E-state index < -0.39 is 0 Å². The quantitative estimate of drug-likeness (QED) is 0.154. The minimum atomic E-state index is 1.10. The molecule has 1 heteroatoms. The topological polar surface area (TPSA) is 3.24 Å². The van der Waals surface area contributed by atoms with Crippen LogP contribution in [0.3, 0.4) is 0 Å². The van der Waals surface area contributed by atoms with Crippen LogP contribution in [0.5, 0.6) is 0 Å². The van der Waals surface area contributed by atoms with Crippen molar-refractivity contribution in [2.45, 2.75) is 0 Å². The molecule has 0 saturated heterocycles. The van der Waals surface area contributed by atoms with E-state index in [0.717, 1.165) is 17.1 Å². The summed E-state index contributed by atoms with van der Waals surface area (Å²) in [5.41, 5.74) is 10.5. The summed E-state index contributed by atoms with van der Waals surface area (Å²) in [6, 6.07) is 82.1. The monoisotopic (exact) mass is 723 g/mol. The fraction of sp³-hybridized carbons (Fsp3) is 0. The molecule has 0 aromatic heterocycles. The summed E-state index contributed by atoms with van der Waals surface area (Å²) in [6.07, 6.45) is 0. The zero-order valence-corrected chi connectivity index (χ0v) is 31.3. The summed E-state index contributed by atoms with van der Waals surface area (Å²) in [5.74, 6) is 0. The van der Waals surface area contributed by atoms with Gasteiger partial charge < -0.3 is 4.90 Å². The second-order valence-corrected chi connectivity index (χ2v) is 14.8. The van der Waals surface area contributed by atoms with Gasteiger partial charge in [-0.1, -0.05) is 194 Å². The van der Waals surface area contributed by atoms with Gasteiger partial charge in [0.2, 0.25) is 0 Å². The Balaban J connectivity index is 1.19. The molecular weight excluding hydrogens is 687 g/mol. The van der Waals surface area contributed by atoms with Crippen molar-refractivity contribution >= 4 is 70.9 Å². The fourth-order valence-corrected chi connectivity index (χ4v) is 9.02. The average molecular weight is 724 g/mol. The lowest BCUT2D eigenvalue weighted by atomic mass is 9.88. The van der Waals surface area contributed by atoms with Crippen molar-refractivity contribution in [1.29, 1.82) is 0 Å². The third kappa shape index (κ3) is 5.55. The van der Waals surface area contributed by atoms with Crippen LogP contribution in [-0.2, 0) is 0 Å². The van der Waals surface area contributed by atoms with Crippen molar-refractivity contribution in [3.8, 4) is 33.4 Å². The molecule has 0 aliphatic heterocycles. The van der Waals surface area contributed by atoms with E-state index in [2.05, 4.69) is 229 Å². The second-order valence-electron chi connectivity index (χ2n) is 14.8. The number of fused-ring (bicyclic) bond motifs is 8. The van der Waals surface area contributed by atoms with Crippen LogP contribution >= 0.6 is 0 Å². The van der Waals surface area contributed by atoms with Gasteiger partial charge in [0.1, 0.15) is 0 Å². The molecule has 11 aromatic rings. The summed E-state index contributed by atoms with van der Waals surface area (Å²) >= 11 is 0. The highest BCUT2D eigenvalue weighted by molar-refractivity contribution is 6.30. The van der Waals surface area contributed by atoms with E-state index in [-0.39, 0.29) is 0 Å². The molecule has 11 aromatic carbocycles. The van der Waals surface area contributed by atoms with Gasteiger partial charge >= 0.3 is 0 Å². The molecule has 266 valence electrons. The van der Waals surface area contributed by atoms with Crippen LogP contribution in [0.2, 0.25) is 0 Å². The van der Waals surface area contributed by atoms with E-state index >= 15 is 0 Å². The molecule has 0 bridgehead atoms. The number of hydrogen-bond acceptors (Lipinski definition) is 1. The molecule has 0 atom stereocenters. The molecule has 0 fully saturated rings. The van der Waals surface area contributed by atoms with E-state index in [1.807, 2.05) is 0 Å². The predicted octanol–water partition coefficient (Wildman–Crippen LogP) is 15.9. The second kappa shape index (κ2) is 13.7. The molecular formula is C56H37N. The van der Waals surface area contributed by atoms with Crippen molar-refractivity contribution in [3.63, 3.8) is 0 Å². The van der Waals surface area contributed by atoms with Crippen LogP contribution in [0.4, 0.5) is 17.1 Å². The predicted molar refractivity (Wildman–Crippen MR) is 245 cm³/mol. The van der Waals surface area contributed by atoms with Gasteiger partial charge in [0, 0.05) is 16.6 Å². The lowest BCUT2D eigenvalue weighted by Gasteiger charge is -2.30. The molecule has 0 heterocycles. The van der Waals surface area contributed by atoms with Crippen molar-refractivity contribution in [1.82, 2.24) is 0 Å². The lowest BCUT2D eigenvalue weighted by Crippen LogP contribution is -2.12. The number of nitrogens with zero attached hydrogens (tertiary/aromatic N) is 1. The first-order valence-corrected chi connectivity index (χ1v) is 19.7. The largest absolute Gasteiger partial charge is 0.309 e. The molecule has 0 aliphatic rings. The number of para-hydroxylation sites is 1. The Bertz CT molecular complexity index is 3290. The van der Waals surface area contributed by atoms with Crippen molar-refractivity contribution in [2.24, 2.45) is 0 Å². The number of hydrogen-bond donors (Lipinski definition) is 0. The molecule has 0 unspecified atom stereocenters. The third-order valence-corrected chi connectivity index (χ3v) is 11.6. The molecule has 0 radical (unpaired) electrons. The first-order valence-electron chi connectivity index (χ1n) is 19.7. The minimum absolute atomic E-state index is 1.10. The van der Waals surface area contributed by atoms with E-state index in [0.29, 0.717) is 0 Å². The average Bonchev–Trinajstić information content (AvgIpc) is 3.29. The Kier molecular flexibility index (Phi) is 7.89. The smallest absolute Gasteiger partial charge is 0.0540 e. The maximum absolute atomic E-state index is 2.47. The van der Waals surface area contributed by atoms with Crippen molar-refractivity contribution in [2.75, 3.05) is 4.90 Å². The van der Waals surface area contributed by atoms with Gasteiger partial charge in [-0.15, -0.1) is 0 Å². The fourth-order valence-electron chi connectivity index (χ4n) is 9.02. The van der Waals surface area contributed by atoms with E-state index in [9.17, 15) is 0 Å². The van der Waals surface area contributed by atoms with Crippen LogP contribution in [0, 0.1) is 0 Å². The van der Waals surface area contributed by atoms with Gasteiger partial charge in [0.25, 0.3) is 0 Å². The maximum atomic E-state index is 2.47. The number of benzene rings is 11. The summed E-state index contributed by atoms with van der Waals surface area (Å²) in [5, 5.41) is 12.6. The van der Waals surface area contributed by atoms with E-state index in [4.69, 9.17) is 0 Å². The van der Waals surface area contributed by atoms with E-state index in [1.54, 1.807) is 0 Å². The van der Waals surface area contributed by atoms with Gasteiger partial charge in [-0.25, -0.2) is 0 Å². The molecule has 1 nitrogen and oxygen atoms in total. The van der Waals surface area contributed by atoms with Gasteiger partial charge in [-0.3, -0.25) is 0 Å². The Morgan fingerprint density at radius 3 is 1.61 bits per heavy atom. The van der Waals surface area contributed by atoms with Crippen molar-refractivity contribution in [3.05, 3.63) is 224 Å². The van der Waals surface area contributed by atoms with Crippen LogP contribution in [0.1, 0.15) is 0 Å². The van der Waals surface area contributed by atoms with Crippen LogP contribution < -0.4 is 4.90 Å². The Morgan fingerprint density at radius 2 is 0.825 bits per heavy atom. The molecule has 11 rings (SSSR count). The molecule has 0 amide bonds. The zero-order valence-electron chi connectivity index (χ0n) is 31.3. The normalized spacial score (nSPS) is 11.5. The zero-order chi connectivity index (χ0) is 37.7. The number of rotatable bonds is 6. The Labute approximate surface area is 332 Å². The standard InChI is InChI=1S/C56H37N/c1-3-16-38(17-4-1)45-34-35-54(50-28-12-11-27-49(45)50)57(53-29-14-13-24-46(53)39-18-5-2-6-19-39)44-23-15-22-42(36-44)52-37-43-21-8-10-26-48(43)56-51(52)33-32-41-31-30-40-20-7-9-25-47(40)55(41)56/h1-37H. The highest BCUT2D eigenvalue weighted by Crippen LogP contribution is 2.47. The molecule has 0 spiro atoms. The first-order chi connectivity index (χ1) is 28.3. The summed E-state index contributed by atoms with van der Waals surface area (Å²) in [4.78, 5) is 2.47.